The Balaban J connectivity index is 2.71. The van der Waals surface area contributed by atoms with Gasteiger partial charge >= 0.3 is 0 Å². The van der Waals surface area contributed by atoms with Crippen molar-refractivity contribution in [3.63, 3.8) is 0 Å². The van der Waals surface area contributed by atoms with Gasteiger partial charge in [0.1, 0.15) is 0 Å². The van der Waals surface area contributed by atoms with Crippen molar-refractivity contribution in [3.05, 3.63) is 47.5 Å². The summed E-state index contributed by atoms with van der Waals surface area (Å²) in [5.41, 5.74) is 6.01. The van der Waals surface area contributed by atoms with Gasteiger partial charge < -0.3 is 0 Å². The highest BCUT2D eigenvalue weighted by Gasteiger charge is 2.23. The van der Waals surface area contributed by atoms with E-state index in [9.17, 15) is 0 Å². The van der Waals surface area contributed by atoms with Gasteiger partial charge in [-0.25, -0.2) is 0 Å². The largest absolute Gasteiger partial charge is 0.0619 e. The van der Waals surface area contributed by atoms with Gasteiger partial charge in [-0.3, -0.25) is 0 Å². The number of rotatable bonds is 0. The van der Waals surface area contributed by atoms with E-state index in [0.29, 0.717) is 0 Å². The Bertz CT molecular complexity index is 521. The fourth-order valence-electron chi connectivity index (χ4n) is 2.38. The molecule has 0 heteroatoms. The van der Waals surface area contributed by atoms with Crippen LogP contribution >= 0.6 is 0 Å². The molecule has 0 atom stereocenters. The highest BCUT2D eigenvalue weighted by molar-refractivity contribution is 5.73. The molecule has 0 nitrogen and oxygen atoms in total. The van der Waals surface area contributed by atoms with Gasteiger partial charge in [0.05, 0.1) is 0 Å². The molecule has 0 fully saturated rings. The lowest BCUT2D eigenvalue weighted by Crippen LogP contribution is -2.11. The Morgan fingerprint density at radius 3 is 1.89 bits per heavy atom. The molecule has 0 aromatic carbocycles. The Hall–Kier alpha value is -1.30. The zero-order valence-electron chi connectivity index (χ0n) is 12.5. The van der Waals surface area contributed by atoms with Crippen LogP contribution in [0.15, 0.2) is 36.4 Å². The van der Waals surface area contributed by atoms with Crippen LogP contribution in [-0.2, 0) is 10.8 Å². The second kappa shape index (κ2) is 4.12. The summed E-state index contributed by atoms with van der Waals surface area (Å²) in [6, 6.07) is 13.5. The van der Waals surface area contributed by atoms with Crippen molar-refractivity contribution in [2.45, 2.75) is 52.4 Å². The van der Waals surface area contributed by atoms with Gasteiger partial charge in [-0.05, 0) is 33.1 Å². The molecule has 18 heavy (non-hydrogen) atoms. The SMILES string of the molecule is CC(C)(C)c1cc2ccccc(C(C)(C)C)c-2c1. The van der Waals surface area contributed by atoms with E-state index in [4.69, 9.17) is 0 Å². The molecule has 0 heterocycles. The van der Waals surface area contributed by atoms with Crippen LogP contribution in [0.5, 0.6) is 0 Å². The molecule has 0 saturated carbocycles. The molecular formula is C18H24. The summed E-state index contributed by atoms with van der Waals surface area (Å²) < 4.78 is 0. The minimum absolute atomic E-state index is 0.181. The Labute approximate surface area is 111 Å². The van der Waals surface area contributed by atoms with Crippen LogP contribution in [0.25, 0.3) is 11.1 Å². The number of fused-ring (bicyclic) bond motifs is 1. The van der Waals surface area contributed by atoms with Crippen LogP contribution in [0, 0.1) is 0 Å². The van der Waals surface area contributed by atoms with Crippen LogP contribution in [0.4, 0.5) is 0 Å². The predicted octanol–water partition coefficient (Wildman–Crippen LogP) is 5.39. The van der Waals surface area contributed by atoms with Crippen molar-refractivity contribution in [2.75, 3.05) is 0 Å². The van der Waals surface area contributed by atoms with Crippen molar-refractivity contribution in [3.8, 4) is 11.1 Å². The molecule has 0 amide bonds. The molecule has 0 saturated heterocycles. The van der Waals surface area contributed by atoms with Gasteiger partial charge in [-0.15, -0.1) is 0 Å². The van der Waals surface area contributed by atoms with E-state index in [1.807, 2.05) is 0 Å². The first-order chi connectivity index (χ1) is 8.19. The molecule has 0 bridgehead atoms. The van der Waals surface area contributed by atoms with Gasteiger partial charge in [-0.2, -0.15) is 0 Å². The first-order valence-corrected chi connectivity index (χ1v) is 6.73. The maximum Gasteiger partial charge on any atom is -0.0126 e. The summed E-state index contributed by atoms with van der Waals surface area (Å²) in [5, 5.41) is 0. The average molecular weight is 240 g/mol. The topological polar surface area (TPSA) is 0 Å². The van der Waals surface area contributed by atoms with Gasteiger partial charge in [0.15, 0.2) is 0 Å². The molecule has 2 aliphatic rings. The lowest BCUT2D eigenvalue weighted by atomic mass is 9.84. The Morgan fingerprint density at radius 2 is 1.33 bits per heavy atom. The van der Waals surface area contributed by atoms with E-state index in [-0.39, 0.29) is 10.8 Å². The van der Waals surface area contributed by atoms with Crippen LogP contribution < -0.4 is 0 Å². The van der Waals surface area contributed by atoms with Crippen LogP contribution in [0.1, 0.15) is 52.7 Å². The second-order valence-corrected chi connectivity index (χ2v) is 7.24. The number of hydrogen-bond donors (Lipinski definition) is 0. The summed E-state index contributed by atoms with van der Waals surface area (Å²) in [5.74, 6) is 0. The average Bonchev–Trinajstić information content (AvgIpc) is 2.50. The lowest BCUT2D eigenvalue weighted by Gasteiger charge is -2.21. The molecule has 0 aromatic heterocycles. The molecule has 96 valence electrons. The smallest absolute Gasteiger partial charge is 0.0126 e. The van der Waals surface area contributed by atoms with Gasteiger partial charge in [0.2, 0.25) is 0 Å². The number of hydrogen-bond acceptors (Lipinski definition) is 0. The summed E-state index contributed by atoms with van der Waals surface area (Å²) in [6.45, 7) is 13.7. The van der Waals surface area contributed by atoms with Gasteiger partial charge in [-0.1, -0.05) is 77.9 Å². The quantitative estimate of drug-likeness (QED) is 0.579. The monoisotopic (exact) mass is 240 g/mol. The van der Waals surface area contributed by atoms with E-state index in [2.05, 4.69) is 77.9 Å². The normalized spacial score (nSPS) is 13.0. The van der Waals surface area contributed by atoms with Gasteiger partial charge in [0, 0.05) is 0 Å². The molecule has 2 aliphatic carbocycles. The highest BCUT2D eigenvalue weighted by Crippen LogP contribution is 2.38. The highest BCUT2D eigenvalue weighted by atomic mass is 14.3. The minimum Gasteiger partial charge on any atom is -0.0619 e. The molecule has 0 N–H and O–H groups in total. The van der Waals surface area contributed by atoms with E-state index in [1.165, 1.54) is 22.3 Å². The zero-order valence-corrected chi connectivity index (χ0v) is 12.5. The van der Waals surface area contributed by atoms with E-state index >= 15 is 0 Å². The fourth-order valence-corrected chi connectivity index (χ4v) is 2.38. The van der Waals surface area contributed by atoms with Gasteiger partial charge in [0.25, 0.3) is 0 Å². The Kier molecular flexibility index (Phi) is 3.01. The first kappa shape index (κ1) is 13.1. The third-order valence-electron chi connectivity index (χ3n) is 3.54. The summed E-state index contributed by atoms with van der Waals surface area (Å²) in [7, 11) is 0. The molecule has 0 spiro atoms. The fraction of sp³-hybridized carbons (Fsp3) is 0.444. The van der Waals surface area contributed by atoms with Crippen LogP contribution in [-0.4, -0.2) is 0 Å². The van der Waals surface area contributed by atoms with Crippen molar-refractivity contribution in [1.29, 1.82) is 0 Å². The van der Waals surface area contributed by atoms with E-state index < -0.39 is 0 Å². The van der Waals surface area contributed by atoms with Crippen molar-refractivity contribution in [2.24, 2.45) is 0 Å². The molecular weight excluding hydrogens is 216 g/mol. The summed E-state index contributed by atoms with van der Waals surface area (Å²) in [6.07, 6.45) is 0. The lowest BCUT2D eigenvalue weighted by molar-refractivity contribution is 0.588. The van der Waals surface area contributed by atoms with E-state index in [0.717, 1.165) is 0 Å². The third kappa shape index (κ3) is 2.43. The van der Waals surface area contributed by atoms with Crippen LogP contribution in [0.2, 0.25) is 0 Å². The zero-order chi connectivity index (χ0) is 13.6. The molecule has 0 unspecified atom stereocenters. The Morgan fingerprint density at radius 1 is 0.722 bits per heavy atom. The molecule has 0 aromatic rings. The summed E-state index contributed by atoms with van der Waals surface area (Å²) >= 11 is 0. The van der Waals surface area contributed by atoms with Crippen molar-refractivity contribution < 1.29 is 0 Å². The van der Waals surface area contributed by atoms with Crippen LogP contribution in [0.3, 0.4) is 0 Å². The minimum atomic E-state index is 0.181. The summed E-state index contributed by atoms with van der Waals surface area (Å²) in [4.78, 5) is 0. The molecule has 0 aliphatic heterocycles. The third-order valence-corrected chi connectivity index (χ3v) is 3.54. The van der Waals surface area contributed by atoms with Crippen molar-refractivity contribution >= 4 is 0 Å². The molecule has 2 rings (SSSR count). The maximum atomic E-state index is 2.37. The first-order valence-electron chi connectivity index (χ1n) is 6.73. The van der Waals surface area contributed by atoms with Crippen molar-refractivity contribution in [1.82, 2.24) is 0 Å². The van der Waals surface area contributed by atoms with E-state index in [1.54, 1.807) is 0 Å². The second-order valence-electron chi connectivity index (χ2n) is 7.24. The molecule has 0 radical (unpaired) electrons. The predicted molar refractivity (Wildman–Crippen MR) is 80.5 cm³/mol. The maximum absolute atomic E-state index is 2.37. The standard InChI is InChI=1S/C18H24/c1-17(2,3)14-11-13-9-7-8-10-16(15(13)12-14)18(4,5)6/h7-12H,1-6H3.